The zero-order valence-electron chi connectivity index (χ0n) is 17.2. The van der Waals surface area contributed by atoms with Crippen molar-refractivity contribution in [2.45, 2.75) is 17.9 Å². The van der Waals surface area contributed by atoms with Gasteiger partial charge in [0.15, 0.2) is 11.5 Å². The molecule has 0 aromatic heterocycles. The maximum atomic E-state index is 12.8. The number of hydrogen-bond donors (Lipinski definition) is 2. The number of carbonyl (C=O) groups is 1. The maximum absolute atomic E-state index is 12.8. The Kier molecular flexibility index (Phi) is 6.25. The summed E-state index contributed by atoms with van der Waals surface area (Å²) >= 11 is 6.14. The first-order valence-electron chi connectivity index (χ1n) is 9.91. The van der Waals surface area contributed by atoms with Crippen LogP contribution in [-0.4, -0.2) is 27.5 Å². The van der Waals surface area contributed by atoms with Gasteiger partial charge in [-0.3, -0.25) is 9.52 Å². The van der Waals surface area contributed by atoms with Crippen LogP contribution in [0.15, 0.2) is 71.6 Å². The molecule has 1 aliphatic heterocycles. The van der Waals surface area contributed by atoms with Gasteiger partial charge in [-0.25, -0.2) is 8.42 Å². The van der Waals surface area contributed by atoms with Gasteiger partial charge in [0.25, 0.3) is 15.9 Å². The van der Waals surface area contributed by atoms with Crippen LogP contribution in [0.5, 0.6) is 11.5 Å². The number of nitrogens with one attached hydrogen (secondary N) is 2. The number of para-hydroxylation sites is 1. The highest BCUT2D eigenvalue weighted by Crippen LogP contribution is 2.33. The Labute approximate surface area is 191 Å². The minimum Gasteiger partial charge on any atom is -0.486 e. The lowest BCUT2D eigenvalue weighted by atomic mass is 10.1. The fourth-order valence-corrected chi connectivity index (χ4v) is 4.84. The summed E-state index contributed by atoms with van der Waals surface area (Å²) in [6.45, 7) is 2.80. The molecule has 1 heterocycles. The van der Waals surface area contributed by atoms with Crippen LogP contribution < -0.4 is 19.5 Å². The molecule has 2 N–H and O–H groups in total. The number of benzene rings is 3. The fourth-order valence-electron chi connectivity index (χ4n) is 3.26. The quantitative estimate of drug-likeness (QED) is 0.554. The molecule has 1 atom stereocenters. The lowest BCUT2D eigenvalue weighted by molar-refractivity contribution is 0.0939. The molecule has 0 bridgehead atoms. The normalized spacial score (nSPS) is 13.8. The Morgan fingerprint density at radius 3 is 2.44 bits per heavy atom. The minimum atomic E-state index is -3.98. The van der Waals surface area contributed by atoms with E-state index >= 15 is 0 Å². The first kappa shape index (κ1) is 22.0. The van der Waals surface area contributed by atoms with Gasteiger partial charge in [-0.15, -0.1) is 0 Å². The molecular formula is C23H21ClN2O5S. The number of carbonyl (C=O) groups excluding carboxylic acids is 1. The molecule has 0 fully saturated rings. The molecule has 1 amide bonds. The average molecular weight is 473 g/mol. The molecule has 0 radical (unpaired) electrons. The topological polar surface area (TPSA) is 93.7 Å². The van der Waals surface area contributed by atoms with Crippen LogP contribution >= 0.6 is 11.6 Å². The van der Waals surface area contributed by atoms with Crippen LogP contribution in [0.1, 0.15) is 28.9 Å². The van der Waals surface area contributed by atoms with E-state index in [1.54, 1.807) is 36.4 Å². The molecule has 9 heteroatoms. The summed E-state index contributed by atoms with van der Waals surface area (Å²) in [5.41, 5.74) is 1.40. The molecule has 0 aliphatic carbocycles. The van der Waals surface area contributed by atoms with Crippen molar-refractivity contribution in [3.05, 3.63) is 82.9 Å². The molecule has 7 nitrogen and oxygen atoms in total. The van der Waals surface area contributed by atoms with Crippen LogP contribution in [0.3, 0.4) is 0 Å². The third-order valence-electron chi connectivity index (χ3n) is 4.92. The molecule has 0 saturated heterocycles. The zero-order chi connectivity index (χ0) is 22.7. The van der Waals surface area contributed by atoms with Crippen LogP contribution in [0, 0.1) is 0 Å². The Hall–Kier alpha value is -3.23. The van der Waals surface area contributed by atoms with E-state index in [1.165, 1.54) is 18.2 Å². The van der Waals surface area contributed by atoms with E-state index in [4.69, 9.17) is 21.1 Å². The van der Waals surface area contributed by atoms with Crippen molar-refractivity contribution in [2.24, 2.45) is 0 Å². The predicted molar refractivity (Wildman–Crippen MR) is 122 cm³/mol. The minimum absolute atomic E-state index is 0.0184. The first-order valence-corrected chi connectivity index (χ1v) is 11.8. The third-order valence-corrected chi connectivity index (χ3v) is 6.79. The van der Waals surface area contributed by atoms with E-state index in [9.17, 15) is 13.2 Å². The van der Waals surface area contributed by atoms with Crippen molar-refractivity contribution in [2.75, 3.05) is 17.9 Å². The highest BCUT2D eigenvalue weighted by Gasteiger charge is 2.22. The molecule has 1 aliphatic rings. The second kappa shape index (κ2) is 9.10. The summed E-state index contributed by atoms with van der Waals surface area (Å²) in [7, 11) is -3.98. The van der Waals surface area contributed by atoms with Crippen LogP contribution in [-0.2, 0) is 10.0 Å². The third kappa shape index (κ3) is 4.81. The van der Waals surface area contributed by atoms with Crippen molar-refractivity contribution < 1.29 is 22.7 Å². The van der Waals surface area contributed by atoms with Crippen LogP contribution in [0.25, 0.3) is 0 Å². The number of anilines is 1. The number of fused-ring (bicyclic) bond motifs is 1. The van der Waals surface area contributed by atoms with Gasteiger partial charge in [0.1, 0.15) is 18.1 Å². The van der Waals surface area contributed by atoms with E-state index in [0.29, 0.717) is 30.4 Å². The zero-order valence-corrected chi connectivity index (χ0v) is 18.7. The van der Waals surface area contributed by atoms with Gasteiger partial charge in [-0.1, -0.05) is 35.9 Å². The van der Waals surface area contributed by atoms with Gasteiger partial charge < -0.3 is 14.8 Å². The summed E-state index contributed by atoms with van der Waals surface area (Å²) in [5.74, 6) is 0.860. The lowest BCUT2D eigenvalue weighted by Gasteiger charge is -2.21. The highest BCUT2D eigenvalue weighted by molar-refractivity contribution is 7.92. The van der Waals surface area contributed by atoms with Crippen molar-refractivity contribution in [3.8, 4) is 11.5 Å². The van der Waals surface area contributed by atoms with Crippen LogP contribution in [0.4, 0.5) is 5.69 Å². The molecule has 3 aromatic rings. The monoisotopic (exact) mass is 472 g/mol. The summed E-state index contributed by atoms with van der Waals surface area (Å²) in [6.07, 6.45) is 0. The lowest BCUT2D eigenvalue weighted by Crippen LogP contribution is -2.27. The van der Waals surface area contributed by atoms with E-state index in [0.717, 1.165) is 5.56 Å². The summed E-state index contributed by atoms with van der Waals surface area (Å²) in [6, 6.07) is 17.7. The Balaban J connectivity index is 1.53. The first-order chi connectivity index (χ1) is 15.3. The average Bonchev–Trinajstić information content (AvgIpc) is 2.79. The van der Waals surface area contributed by atoms with Gasteiger partial charge in [-0.2, -0.15) is 0 Å². The number of halogens is 1. The van der Waals surface area contributed by atoms with E-state index in [-0.39, 0.29) is 21.5 Å². The number of rotatable bonds is 6. The Morgan fingerprint density at radius 1 is 0.969 bits per heavy atom. The van der Waals surface area contributed by atoms with Crippen LogP contribution in [0.2, 0.25) is 5.02 Å². The smallest absolute Gasteiger partial charge is 0.263 e. The summed E-state index contributed by atoms with van der Waals surface area (Å²) in [5, 5.41) is 2.89. The number of sulfonamides is 1. The highest BCUT2D eigenvalue weighted by atomic mass is 35.5. The molecule has 0 unspecified atom stereocenters. The predicted octanol–water partition coefficient (Wildman–Crippen LogP) is 4.40. The second-order valence-electron chi connectivity index (χ2n) is 7.21. The summed E-state index contributed by atoms with van der Waals surface area (Å²) < 4.78 is 39.2. The Morgan fingerprint density at radius 2 is 1.69 bits per heavy atom. The number of ether oxygens (including phenoxy) is 2. The molecule has 4 rings (SSSR count). The molecular weight excluding hydrogens is 452 g/mol. The standard InChI is InChI=1S/C23H21ClN2O5S/c1-15(16-8-10-20-21(13-16)31-12-11-30-20)25-23(27)17-7-9-19(24)22(14-17)32(28,29)26-18-5-3-2-4-6-18/h2-10,13-15,26H,11-12H2,1H3,(H,25,27)/t15-/m1/s1. The fraction of sp³-hybridized carbons (Fsp3) is 0.174. The molecule has 32 heavy (non-hydrogen) atoms. The molecule has 3 aromatic carbocycles. The number of amides is 1. The van der Waals surface area contributed by atoms with Gasteiger partial charge in [0.2, 0.25) is 0 Å². The van der Waals surface area contributed by atoms with E-state index < -0.39 is 15.9 Å². The van der Waals surface area contributed by atoms with Gasteiger partial charge >= 0.3 is 0 Å². The SMILES string of the molecule is C[C@@H](NC(=O)c1ccc(Cl)c(S(=O)(=O)Nc2ccccc2)c1)c1ccc2c(c1)OCCO2. The molecule has 0 saturated carbocycles. The second-order valence-corrected chi connectivity index (χ2v) is 9.27. The van der Waals surface area contributed by atoms with Crippen molar-refractivity contribution in [1.29, 1.82) is 0 Å². The van der Waals surface area contributed by atoms with Gasteiger partial charge in [0, 0.05) is 11.3 Å². The molecule has 0 spiro atoms. The summed E-state index contributed by atoms with van der Waals surface area (Å²) in [4.78, 5) is 12.7. The number of hydrogen-bond acceptors (Lipinski definition) is 5. The van der Waals surface area contributed by atoms with E-state index in [2.05, 4.69) is 10.0 Å². The van der Waals surface area contributed by atoms with Crippen molar-refractivity contribution in [3.63, 3.8) is 0 Å². The Bertz CT molecular complexity index is 1250. The maximum Gasteiger partial charge on any atom is 0.263 e. The van der Waals surface area contributed by atoms with Gasteiger partial charge in [-0.05, 0) is 55.0 Å². The molecule has 166 valence electrons. The van der Waals surface area contributed by atoms with Crippen molar-refractivity contribution in [1.82, 2.24) is 5.32 Å². The van der Waals surface area contributed by atoms with Crippen molar-refractivity contribution >= 4 is 33.2 Å². The largest absolute Gasteiger partial charge is 0.486 e. The van der Waals surface area contributed by atoms with E-state index in [1.807, 2.05) is 19.1 Å². The van der Waals surface area contributed by atoms with Gasteiger partial charge in [0.05, 0.1) is 11.1 Å².